The van der Waals surface area contributed by atoms with Gasteiger partial charge in [0.15, 0.2) is 0 Å². The maximum atomic E-state index is 12.6. The molecule has 0 heterocycles. The summed E-state index contributed by atoms with van der Waals surface area (Å²) in [6, 6.07) is 5.01. The van der Waals surface area contributed by atoms with Gasteiger partial charge in [-0.25, -0.2) is 0 Å². The number of carbonyl (C=O) groups excluding carboxylic acids is 1. The summed E-state index contributed by atoms with van der Waals surface area (Å²) in [5, 5.41) is 1.48. The van der Waals surface area contributed by atoms with Crippen molar-refractivity contribution in [3.8, 4) is 5.75 Å². The quantitative estimate of drug-likeness (QED) is 0.675. The third kappa shape index (κ3) is 3.17. The fourth-order valence-electron chi connectivity index (χ4n) is 1.37. The van der Waals surface area contributed by atoms with Crippen LogP contribution in [0.1, 0.15) is 0 Å². The molecule has 0 fully saturated rings. The molecular weight excluding hydrogens is 328 g/mol. The zero-order valence-corrected chi connectivity index (χ0v) is 11.0. The summed E-state index contributed by atoms with van der Waals surface area (Å²) >= 11 is 4.58. The first-order valence-corrected chi connectivity index (χ1v) is 5.59. The first-order chi connectivity index (χ1) is 9.45. The molecule has 1 rings (SSSR count). The number of methoxy groups -OCH3 is 1. The van der Waals surface area contributed by atoms with Gasteiger partial charge in [0, 0.05) is 0 Å². The zero-order chi connectivity index (χ0) is 16.5. The standard InChI is InChI=1S/C11H8ClF6NO2/c1-21-7-5-3-2-4-6(7)19-8(20)9(12,10(13,14)15)11(16,17)18/h2-5H,1H3,(H,19,20). The van der Waals surface area contributed by atoms with Crippen LogP contribution in [-0.4, -0.2) is 30.2 Å². The number of nitrogens with one attached hydrogen (secondary N) is 1. The van der Waals surface area contributed by atoms with Gasteiger partial charge in [0.1, 0.15) is 5.75 Å². The lowest BCUT2D eigenvalue weighted by molar-refractivity contribution is -0.258. The molecule has 0 saturated carbocycles. The minimum atomic E-state index is -6.03. The van der Waals surface area contributed by atoms with E-state index in [4.69, 9.17) is 4.74 Å². The monoisotopic (exact) mass is 335 g/mol. The summed E-state index contributed by atoms with van der Waals surface area (Å²) < 4.78 is 80.3. The average molecular weight is 336 g/mol. The molecule has 0 unspecified atom stereocenters. The lowest BCUT2D eigenvalue weighted by Crippen LogP contribution is -2.60. The van der Waals surface area contributed by atoms with E-state index in [1.165, 1.54) is 23.5 Å². The lowest BCUT2D eigenvalue weighted by atomic mass is 10.1. The highest BCUT2D eigenvalue weighted by molar-refractivity contribution is 6.38. The van der Waals surface area contributed by atoms with Crippen molar-refractivity contribution in [1.82, 2.24) is 0 Å². The summed E-state index contributed by atoms with van der Waals surface area (Å²) in [7, 11) is 1.13. The molecule has 0 radical (unpaired) electrons. The van der Waals surface area contributed by atoms with Crippen LogP contribution in [0.5, 0.6) is 5.75 Å². The number of para-hydroxylation sites is 2. The second-order valence-corrected chi connectivity index (χ2v) is 4.38. The van der Waals surface area contributed by atoms with E-state index in [0.29, 0.717) is 0 Å². The average Bonchev–Trinajstić information content (AvgIpc) is 2.35. The highest BCUT2D eigenvalue weighted by Crippen LogP contribution is 2.48. The van der Waals surface area contributed by atoms with Gasteiger partial charge >= 0.3 is 17.2 Å². The Bertz CT molecular complexity index is 514. The van der Waals surface area contributed by atoms with Gasteiger partial charge in [-0.1, -0.05) is 23.7 Å². The van der Waals surface area contributed by atoms with Crippen LogP contribution in [0, 0.1) is 0 Å². The number of amides is 1. The van der Waals surface area contributed by atoms with Crippen LogP contribution in [0.4, 0.5) is 32.0 Å². The Morgan fingerprint density at radius 1 is 1.10 bits per heavy atom. The number of rotatable bonds is 3. The SMILES string of the molecule is COc1ccccc1NC(=O)C(Cl)(C(F)(F)F)C(F)(F)F. The smallest absolute Gasteiger partial charge is 0.425 e. The molecule has 0 aromatic heterocycles. The first-order valence-electron chi connectivity index (χ1n) is 5.22. The topological polar surface area (TPSA) is 38.3 Å². The van der Waals surface area contributed by atoms with Gasteiger partial charge < -0.3 is 10.1 Å². The molecule has 1 N–H and O–H groups in total. The van der Waals surface area contributed by atoms with E-state index >= 15 is 0 Å². The molecule has 0 atom stereocenters. The van der Waals surface area contributed by atoms with Crippen molar-refractivity contribution in [3.63, 3.8) is 0 Å². The van der Waals surface area contributed by atoms with E-state index in [2.05, 4.69) is 11.6 Å². The van der Waals surface area contributed by atoms with Crippen LogP contribution in [-0.2, 0) is 4.79 Å². The number of ether oxygens (including phenoxy) is 1. The molecule has 1 amide bonds. The van der Waals surface area contributed by atoms with Crippen molar-refractivity contribution in [1.29, 1.82) is 0 Å². The molecule has 1 aromatic rings. The Morgan fingerprint density at radius 3 is 2.00 bits per heavy atom. The number of alkyl halides is 7. The molecule has 1 aromatic carbocycles. The Hall–Kier alpha value is -1.64. The Kier molecular flexibility index (Phi) is 4.66. The van der Waals surface area contributed by atoms with Crippen molar-refractivity contribution < 1.29 is 35.9 Å². The minimum Gasteiger partial charge on any atom is -0.495 e. The fourth-order valence-corrected chi connectivity index (χ4v) is 1.42. The third-order valence-corrected chi connectivity index (χ3v) is 3.05. The van der Waals surface area contributed by atoms with E-state index in [-0.39, 0.29) is 11.4 Å². The van der Waals surface area contributed by atoms with Gasteiger partial charge in [-0.05, 0) is 12.1 Å². The van der Waals surface area contributed by atoms with Gasteiger partial charge in [-0.15, -0.1) is 0 Å². The van der Waals surface area contributed by atoms with Gasteiger partial charge in [0.2, 0.25) is 0 Å². The van der Waals surface area contributed by atoms with Crippen molar-refractivity contribution in [2.75, 3.05) is 12.4 Å². The molecule has 0 aliphatic carbocycles. The minimum absolute atomic E-state index is 0.116. The number of carbonyl (C=O) groups is 1. The van der Waals surface area contributed by atoms with Crippen molar-refractivity contribution in [2.24, 2.45) is 0 Å². The highest BCUT2D eigenvalue weighted by Gasteiger charge is 2.75. The second-order valence-electron chi connectivity index (χ2n) is 3.81. The molecule has 118 valence electrons. The predicted molar refractivity (Wildman–Crippen MR) is 62.3 cm³/mol. The summed E-state index contributed by atoms with van der Waals surface area (Å²) in [6.07, 6.45) is -12.1. The van der Waals surface area contributed by atoms with Gasteiger partial charge in [-0.3, -0.25) is 4.79 Å². The van der Waals surface area contributed by atoms with Gasteiger partial charge in [0.25, 0.3) is 5.91 Å². The lowest BCUT2D eigenvalue weighted by Gasteiger charge is -2.30. The number of hydrogen-bond acceptors (Lipinski definition) is 2. The molecule has 10 heteroatoms. The van der Waals surface area contributed by atoms with Crippen LogP contribution in [0.2, 0.25) is 0 Å². The highest BCUT2D eigenvalue weighted by atomic mass is 35.5. The van der Waals surface area contributed by atoms with Crippen molar-refractivity contribution >= 4 is 23.2 Å². The molecule has 21 heavy (non-hydrogen) atoms. The second kappa shape index (κ2) is 5.63. The molecule has 0 aliphatic heterocycles. The molecular formula is C11H8ClF6NO2. The van der Waals surface area contributed by atoms with Gasteiger partial charge in [0.05, 0.1) is 12.8 Å². The summed E-state index contributed by atoms with van der Waals surface area (Å²) in [5.74, 6) is -2.58. The predicted octanol–water partition coefficient (Wildman–Crippen LogP) is 3.74. The van der Waals surface area contributed by atoms with Crippen LogP contribution in [0.3, 0.4) is 0 Å². The van der Waals surface area contributed by atoms with E-state index in [9.17, 15) is 31.1 Å². The van der Waals surface area contributed by atoms with Crippen LogP contribution in [0.15, 0.2) is 24.3 Å². The number of hydrogen-bond donors (Lipinski definition) is 1. The molecule has 0 spiro atoms. The maximum absolute atomic E-state index is 12.6. The van der Waals surface area contributed by atoms with Crippen molar-refractivity contribution in [2.45, 2.75) is 17.2 Å². The molecule has 3 nitrogen and oxygen atoms in total. The Labute approximate surface area is 119 Å². The Balaban J connectivity index is 3.21. The van der Waals surface area contributed by atoms with E-state index in [1.54, 1.807) is 0 Å². The first kappa shape index (κ1) is 17.4. The largest absolute Gasteiger partial charge is 0.495 e. The maximum Gasteiger partial charge on any atom is 0.425 e. The molecule has 0 bridgehead atoms. The molecule has 0 aliphatic rings. The zero-order valence-electron chi connectivity index (χ0n) is 10.3. The number of anilines is 1. The number of halogens is 7. The van der Waals surface area contributed by atoms with E-state index in [1.807, 2.05) is 0 Å². The normalized spacial score (nSPS) is 13.0. The van der Waals surface area contributed by atoms with Crippen molar-refractivity contribution in [3.05, 3.63) is 24.3 Å². The number of benzene rings is 1. The fraction of sp³-hybridized carbons (Fsp3) is 0.364. The summed E-state index contributed by atoms with van der Waals surface area (Å²) in [5.41, 5.74) is -0.372. The van der Waals surface area contributed by atoms with E-state index < -0.39 is 23.1 Å². The van der Waals surface area contributed by atoms with E-state index in [0.717, 1.165) is 13.2 Å². The summed E-state index contributed by atoms with van der Waals surface area (Å²) in [6.45, 7) is 0. The summed E-state index contributed by atoms with van der Waals surface area (Å²) in [4.78, 5) is 6.40. The van der Waals surface area contributed by atoms with Gasteiger partial charge in [-0.2, -0.15) is 26.3 Å². The van der Waals surface area contributed by atoms with Crippen LogP contribution < -0.4 is 10.1 Å². The molecule has 0 saturated heterocycles. The third-order valence-electron chi connectivity index (χ3n) is 2.45. The Morgan fingerprint density at radius 2 is 1.57 bits per heavy atom. The van der Waals surface area contributed by atoms with Crippen LogP contribution >= 0.6 is 11.6 Å². The van der Waals surface area contributed by atoms with Crippen LogP contribution in [0.25, 0.3) is 0 Å².